The summed E-state index contributed by atoms with van der Waals surface area (Å²) < 4.78 is 11.3. The third kappa shape index (κ3) is 2.03. The summed E-state index contributed by atoms with van der Waals surface area (Å²) in [7, 11) is -4.08. The van der Waals surface area contributed by atoms with E-state index in [1.165, 1.54) is 0 Å². The van der Waals surface area contributed by atoms with Gasteiger partial charge < -0.3 is 9.79 Å². The molecule has 0 spiro atoms. The second-order valence-corrected chi connectivity index (χ2v) is 5.79. The van der Waals surface area contributed by atoms with E-state index < -0.39 is 13.3 Å². The van der Waals surface area contributed by atoms with Crippen molar-refractivity contribution < 1.29 is 14.4 Å². The van der Waals surface area contributed by atoms with Gasteiger partial charge in [0.05, 0.1) is 5.66 Å². The molecule has 2 N–H and O–H groups in total. The van der Waals surface area contributed by atoms with E-state index in [2.05, 4.69) is 0 Å². The van der Waals surface area contributed by atoms with Gasteiger partial charge >= 0.3 is 7.60 Å². The average molecular weight is 236 g/mol. The van der Waals surface area contributed by atoms with Crippen LogP contribution in [0.1, 0.15) is 18.1 Å². The van der Waals surface area contributed by atoms with Gasteiger partial charge in [-0.1, -0.05) is 42.5 Å². The highest BCUT2D eigenvalue weighted by atomic mass is 31.2. The zero-order chi connectivity index (χ0) is 11.8. The van der Waals surface area contributed by atoms with Gasteiger partial charge in [0.1, 0.15) is 0 Å². The van der Waals surface area contributed by atoms with Crippen molar-refractivity contribution in [2.75, 3.05) is 0 Å². The Bertz CT molecular complexity index is 554. The van der Waals surface area contributed by atoms with Crippen molar-refractivity contribution >= 4 is 18.4 Å². The fourth-order valence-electron chi connectivity index (χ4n) is 1.80. The second kappa shape index (κ2) is 4.02. The van der Waals surface area contributed by atoms with Gasteiger partial charge in [0, 0.05) is 0 Å². The number of hydrogen-bond donors (Lipinski definition) is 2. The van der Waals surface area contributed by atoms with E-state index >= 15 is 0 Å². The van der Waals surface area contributed by atoms with E-state index in [-0.39, 0.29) is 0 Å². The molecule has 0 aliphatic heterocycles. The van der Waals surface area contributed by atoms with Crippen LogP contribution >= 0.6 is 7.60 Å². The number of fused-ring (bicyclic) bond motifs is 1. The molecule has 2 rings (SSSR count). The molecule has 0 fully saturated rings. The summed E-state index contributed by atoms with van der Waals surface area (Å²) in [6, 6.07) is 13.1. The summed E-state index contributed by atoms with van der Waals surface area (Å²) >= 11 is 0. The van der Waals surface area contributed by atoms with Crippen molar-refractivity contribution in [3.05, 3.63) is 48.0 Å². The van der Waals surface area contributed by atoms with Crippen molar-refractivity contribution in [3.63, 3.8) is 0 Å². The van der Waals surface area contributed by atoms with Crippen LogP contribution in [0.3, 0.4) is 0 Å². The Balaban J connectivity index is 2.65. The van der Waals surface area contributed by atoms with Crippen molar-refractivity contribution in [1.82, 2.24) is 0 Å². The largest absolute Gasteiger partial charge is 0.332 e. The molecule has 84 valence electrons. The Morgan fingerprint density at radius 2 is 1.69 bits per heavy atom. The van der Waals surface area contributed by atoms with Gasteiger partial charge in [-0.15, -0.1) is 0 Å². The summed E-state index contributed by atoms with van der Waals surface area (Å²) in [6.07, 6.45) is 0. The summed E-state index contributed by atoms with van der Waals surface area (Å²) in [5.41, 5.74) is -0.0648. The number of benzene rings is 2. The molecular weight excluding hydrogens is 223 g/mol. The zero-order valence-corrected chi connectivity index (χ0v) is 9.76. The van der Waals surface area contributed by atoms with Crippen LogP contribution in [0.5, 0.6) is 0 Å². The minimum atomic E-state index is -4.08. The summed E-state index contributed by atoms with van der Waals surface area (Å²) in [5.74, 6) is 0. The first-order valence-electron chi connectivity index (χ1n) is 5.03. The van der Waals surface area contributed by atoms with Crippen LogP contribution in [-0.2, 0) is 4.57 Å². The fourth-order valence-corrected chi connectivity index (χ4v) is 2.38. The molecule has 0 heterocycles. The molecule has 0 unspecified atom stereocenters. The minimum absolute atomic E-state index is 0.700. The van der Waals surface area contributed by atoms with Crippen LogP contribution in [-0.4, -0.2) is 9.79 Å². The smallest absolute Gasteiger partial charge is 0.324 e. The lowest BCUT2D eigenvalue weighted by molar-refractivity contribution is 0.362. The molecule has 0 saturated carbocycles. The van der Waals surface area contributed by atoms with Crippen LogP contribution in [0.15, 0.2) is 42.5 Å². The topological polar surface area (TPSA) is 57.5 Å². The summed E-state index contributed by atoms with van der Waals surface area (Å²) in [5, 5.41) is 1.90. The minimum Gasteiger partial charge on any atom is -0.324 e. The normalized spacial score (nSPS) is 13.9. The molecule has 1 atom stereocenters. The van der Waals surface area contributed by atoms with Gasteiger partial charge in [-0.25, -0.2) is 0 Å². The van der Waals surface area contributed by atoms with Crippen LogP contribution in [0.25, 0.3) is 10.8 Å². The number of rotatable bonds is 2. The molecule has 2 aromatic rings. The molecular formula is C12H13O3P. The van der Waals surface area contributed by atoms with Gasteiger partial charge in [0.15, 0.2) is 0 Å². The van der Waals surface area contributed by atoms with E-state index in [1.54, 1.807) is 13.0 Å². The van der Waals surface area contributed by atoms with E-state index in [0.717, 1.165) is 10.8 Å². The Hall–Kier alpha value is -1.15. The van der Waals surface area contributed by atoms with Crippen LogP contribution < -0.4 is 0 Å². The van der Waals surface area contributed by atoms with Gasteiger partial charge in [-0.3, -0.25) is 4.57 Å². The van der Waals surface area contributed by atoms with Gasteiger partial charge in [0.2, 0.25) is 0 Å². The Kier molecular flexibility index (Phi) is 2.85. The van der Waals surface area contributed by atoms with Gasteiger partial charge in [-0.05, 0) is 23.3 Å². The molecule has 0 bridgehead atoms. The number of hydrogen-bond acceptors (Lipinski definition) is 1. The molecule has 16 heavy (non-hydrogen) atoms. The SMILES string of the molecule is C[C@H](c1cccc2ccccc12)P(=O)(O)O. The summed E-state index contributed by atoms with van der Waals surface area (Å²) in [6.45, 7) is 1.56. The van der Waals surface area contributed by atoms with E-state index in [1.807, 2.05) is 36.4 Å². The molecule has 0 radical (unpaired) electrons. The Morgan fingerprint density at radius 3 is 2.38 bits per heavy atom. The van der Waals surface area contributed by atoms with Crippen molar-refractivity contribution in [2.24, 2.45) is 0 Å². The highest BCUT2D eigenvalue weighted by Crippen LogP contribution is 2.52. The van der Waals surface area contributed by atoms with Gasteiger partial charge in [-0.2, -0.15) is 0 Å². The maximum Gasteiger partial charge on any atom is 0.332 e. The zero-order valence-electron chi connectivity index (χ0n) is 8.87. The first kappa shape index (κ1) is 11.3. The van der Waals surface area contributed by atoms with Crippen molar-refractivity contribution in [3.8, 4) is 0 Å². The third-order valence-corrected chi connectivity index (χ3v) is 4.07. The van der Waals surface area contributed by atoms with Gasteiger partial charge in [0.25, 0.3) is 0 Å². The molecule has 4 heteroatoms. The fraction of sp³-hybridized carbons (Fsp3) is 0.167. The monoisotopic (exact) mass is 236 g/mol. The molecule has 0 aliphatic rings. The quantitative estimate of drug-likeness (QED) is 0.788. The first-order valence-corrected chi connectivity index (χ1v) is 6.71. The average Bonchev–Trinajstić information content (AvgIpc) is 2.26. The maximum absolute atomic E-state index is 11.3. The van der Waals surface area contributed by atoms with E-state index in [4.69, 9.17) is 0 Å². The Labute approximate surface area is 93.9 Å². The van der Waals surface area contributed by atoms with Crippen molar-refractivity contribution in [2.45, 2.75) is 12.6 Å². The third-order valence-electron chi connectivity index (χ3n) is 2.78. The lowest BCUT2D eigenvalue weighted by Gasteiger charge is -2.15. The molecule has 0 aliphatic carbocycles. The predicted molar refractivity (Wildman–Crippen MR) is 64.4 cm³/mol. The molecule has 3 nitrogen and oxygen atoms in total. The highest BCUT2D eigenvalue weighted by molar-refractivity contribution is 7.52. The van der Waals surface area contributed by atoms with E-state index in [9.17, 15) is 14.4 Å². The molecule has 0 saturated heterocycles. The predicted octanol–water partition coefficient (Wildman–Crippen LogP) is 3.08. The summed E-state index contributed by atoms with van der Waals surface area (Å²) in [4.78, 5) is 18.4. The standard InChI is InChI=1S/C12H13O3P/c1-9(16(13,14)15)11-8-4-6-10-5-2-3-7-12(10)11/h2-9H,1H3,(H2,13,14,15)/t9-/m1/s1. The van der Waals surface area contributed by atoms with Crippen LogP contribution in [0.2, 0.25) is 0 Å². The molecule has 0 aromatic heterocycles. The lowest BCUT2D eigenvalue weighted by Crippen LogP contribution is -1.95. The van der Waals surface area contributed by atoms with Crippen LogP contribution in [0, 0.1) is 0 Å². The lowest BCUT2D eigenvalue weighted by atomic mass is 10.0. The molecule has 2 aromatic carbocycles. The Morgan fingerprint density at radius 1 is 1.06 bits per heavy atom. The molecule has 0 amide bonds. The maximum atomic E-state index is 11.3. The first-order chi connectivity index (χ1) is 7.50. The highest BCUT2D eigenvalue weighted by Gasteiger charge is 2.26. The van der Waals surface area contributed by atoms with Crippen LogP contribution in [0.4, 0.5) is 0 Å². The van der Waals surface area contributed by atoms with E-state index in [0.29, 0.717) is 5.56 Å². The van der Waals surface area contributed by atoms with Crippen molar-refractivity contribution in [1.29, 1.82) is 0 Å². The second-order valence-electron chi connectivity index (χ2n) is 3.83.